The smallest absolute Gasteiger partial charge is 0.239 e. The number of halogens is 2. The number of carbonyl (C=O) groups excluding carboxylic acids is 1. The molecule has 1 heterocycles. The van der Waals surface area contributed by atoms with Crippen LogP contribution in [0.4, 0.5) is 8.78 Å². The second kappa shape index (κ2) is 6.49. The molecule has 21 heavy (non-hydrogen) atoms. The third kappa shape index (κ3) is 3.57. The lowest BCUT2D eigenvalue weighted by Crippen LogP contribution is -2.51. The number of benzene rings is 1. The minimum atomic E-state index is -0.918. The molecular weight excluding hydrogens is 278 g/mol. The number of nitrogens with zero attached hydrogens (tertiary/aromatic N) is 1. The monoisotopic (exact) mass is 298 g/mol. The van der Waals surface area contributed by atoms with Crippen LogP contribution in [0.15, 0.2) is 18.2 Å². The molecule has 0 spiro atoms. The Kier molecular flexibility index (Phi) is 4.90. The molecule has 1 aromatic rings. The van der Waals surface area contributed by atoms with Gasteiger partial charge in [0.15, 0.2) is 11.6 Å². The van der Waals surface area contributed by atoms with Crippen LogP contribution in [-0.2, 0) is 9.53 Å². The van der Waals surface area contributed by atoms with Gasteiger partial charge in [0, 0.05) is 6.54 Å². The molecule has 2 rings (SSSR count). The van der Waals surface area contributed by atoms with E-state index >= 15 is 0 Å². The van der Waals surface area contributed by atoms with Gasteiger partial charge in [0.1, 0.15) is 6.10 Å². The minimum Gasteiger partial charge on any atom is -0.370 e. The quantitative estimate of drug-likeness (QED) is 0.926. The van der Waals surface area contributed by atoms with Gasteiger partial charge < -0.3 is 15.4 Å². The van der Waals surface area contributed by atoms with E-state index < -0.39 is 23.8 Å². The topological polar surface area (TPSA) is 55.6 Å². The van der Waals surface area contributed by atoms with E-state index in [2.05, 4.69) is 0 Å². The molecule has 1 aliphatic heterocycles. The van der Waals surface area contributed by atoms with E-state index in [1.807, 2.05) is 13.8 Å². The number of morpholine rings is 1. The van der Waals surface area contributed by atoms with E-state index in [9.17, 15) is 13.6 Å². The lowest BCUT2D eigenvalue weighted by molar-refractivity contribution is -0.141. The first-order valence-corrected chi connectivity index (χ1v) is 7.01. The molecule has 0 radical (unpaired) electrons. The number of hydrogen-bond acceptors (Lipinski definition) is 3. The van der Waals surface area contributed by atoms with E-state index in [4.69, 9.17) is 10.5 Å². The molecule has 1 amide bonds. The van der Waals surface area contributed by atoms with Gasteiger partial charge in [0.2, 0.25) is 5.91 Å². The van der Waals surface area contributed by atoms with Crippen molar-refractivity contribution in [2.75, 3.05) is 19.7 Å². The van der Waals surface area contributed by atoms with Gasteiger partial charge in [-0.3, -0.25) is 4.79 Å². The van der Waals surface area contributed by atoms with Crippen LogP contribution in [0, 0.1) is 17.6 Å². The number of amides is 1. The summed E-state index contributed by atoms with van der Waals surface area (Å²) in [5.74, 6) is -1.91. The van der Waals surface area contributed by atoms with Crippen molar-refractivity contribution in [1.29, 1.82) is 0 Å². The van der Waals surface area contributed by atoms with Gasteiger partial charge in [0.25, 0.3) is 0 Å². The Hall–Kier alpha value is -1.53. The van der Waals surface area contributed by atoms with Crippen molar-refractivity contribution in [3.05, 3.63) is 35.4 Å². The first kappa shape index (κ1) is 15.9. The zero-order valence-electron chi connectivity index (χ0n) is 12.2. The van der Waals surface area contributed by atoms with Crippen molar-refractivity contribution in [2.24, 2.45) is 11.7 Å². The highest BCUT2D eigenvalue weighted by Gasteiger charge is 2.29. The highest BCUT2D eigenvalue weighted by Crippen LogP contribution is 2.24. The van der Waals surface area contributed by atoms with Crippen LogP contribution < -0.4 is 5.73 Å². The number of ether oxygens (including phenoxy) is 1. The Bertz CT molecular complexity index is 522. The summed E-state index contributed by atoms with van der Waals surface area (Å²) in [4.78, 5) is 13.9. The fourth-order valence-corrected chi connectivity index (χ4v) is 2.26. The van der Waals surface area contributed by atoms with Crippen molar-refractivity contribution in [2.45, 2.75) is 26.0 Å². The molecule has 0 saturated carbocycles. The van der Waals surface area contributed by atoms with Gasteiger partial charge in [0.05, 0.1) is 19.2 Å². The van der Waals surface area contributed by atoms with E-state index in [0.29, 0.717) is 25.3 Å². The van der Waals surface area contributed by atoms with E-state index in [1.54, 1.807) is 4.90 Å². The van der Waals surface area contributed by atoms with Crippen LogP contribution in [0.5, 0.6) is 0 Å². The van der Waals surface area contributed by atoms with Gasteiger partial charge in [-0.25, -0.2) is 8.78 Å². The van der Waals surface area contributed by atoms with Crippen LogP contribution in [0.25, 0.3) is 0 Å². The van der Waals surface area contributed by atoms with Crippen molar-refractivity contribution in [3.8, 4) is 0 Å². The highest BCUT2D eigenvalue weighted by molar-refractivity contribution is 5.82. The predicted molar refractivity (Wildman–Crippen MR) is 74.4 cm³/mol. The van der Waals surface area contributed by atoms with Crippen molar-refractivity contribution in [3.63, 3.8) is 0 Å². The fourth-order valence-electron chi connectivity index (χ4n) is 2.26. The van der Waals surface area contributed by atoms with Crippen LogP contribution in [0.1, 0.15) is 25.5 Å². The SMILES string of the molecule is CC(C)[C@H](N)C(=O)N1CCOC(c2ccc(F)c(F)c2)C1. The molecule has 1 aliphatic rings. The standard InChI is InChI=1S/C15H20F2N2O2/c1-9(2)14(18)15(20)19-5-6-21-13(8-19)10-3-4-11(16)12(17)7-10/h3-4,7,9,13-14H,5-6,8,18H2,1-2H3/t13?,14-/m0/s1. The summed E-state index contributed by atoms with van der Waals surface area (Å²) in [6.07, 6.45) is -0.461. The fraction of sp³-hybridized carbons (Fsp3) is 0.533. The molecule has 0 bridgehead atoms. The molecule has 6 heteroatoms. The average molecular weight is 298 g/mol. The zero-order chi connectivity index (χ0) is 15.6. The Labute approximate surface area is 122 Å². The molecule has 116 valence electrons. The molecule has 1 saturated heterocycles. The number of carbonyl (C=O) groups is 1. The van der Waals surface area contributed by atoms with Crippen LogP contribution in [-0.4, -0.2) is 36.5 Å². The van der Waals surface area contributed by atoms with Crippen LogP contribution >= 0.6 is 0 Å². The largest absolute Gasteiger partial charge is 0.370 e. The lowest BCUT2D eigenvalue weighted by Gasteiger charge is -2.35. The maximum Gasteiger partial charge on any atom is 0.239 e. The van der Waals surface area contributed by atoms with Gasteiger partial charge in [-0.05, 0) is 23.6 Å². The molecule has 1 unspecified atom stereocenters. The minimum absolute atomic E-state index is 0.0436. The second-order valence-electron chi connectivity index (χ2n) is 5.59. The third-order valence-corrected chi connectivity index (χ3v) is 3.70. The molecular formula is C15H20F2N2O2. The average Bonchev–Trinajstić information content (AvgIpc) is 2.48. The van der Waals surface area contributed by atoms with Crippen molar-refractivity contribution >= 4 is 5.91 Å². The number of hydrogen-bond donors (Lipinski definition) is 1. The van der Waals surface area contributed by atoms with E-state index in [-0.39, 0.29) is 11.8 Å². The molecule has 0 aliphatic carbocycles. The first-order chi connectivity index (χ1) is 9.90. The summed E-state index contributed by atoms with van der Waals surface area (Å²) in [6, 6.07) is 3.08. The summed E-state index contributed by atoms with van der Waals surface area (Å²) in [6.45, 7) is 4.87. The molecule has 2 atom stereocenters. The molecule has 1 fully saturated rings. The number of rotatable bonds is 3. The number of nitrogens with two attached hydrogens (primary N) is 1. The first-order valence-electron chi connectivity index (χ1n) is 7.01. The van der Waals surface area contributed by atoms with Gasteiger partial charge in [-0.1, -0.05) is 19.9 Å². The van der Waals surface area contributed by atoms with Crippen molar-refractivity contribution in [1.82, 2.24) is 4.90 Å². The maximum atomic E-state index is 13.3. The van der Waals surface area contributed by atoms with Gasteiger partial charge >= 0.3 is 0 Å². The molecule has 1 aromatic carbocycles. The maximum absolute atomic E-state index is 13.3. The van der Waals surface area contributed by atoms with Crippen LogP contribution in [0.2, 0.25) is 0 Å². The van der Waals surface area contributed by atoms with Crippen LogP contribution in [0.3, 0.4) is 0 Å². The Morgan fingerprint density at radius 3 is 2.71 bits per heavy atom. The third-order valence-electron chi connectivity index (χ3n) is 3.70. The van der Waals surface area contributed by atoms with E-state index in [1.165, 1.54) is 6.07 Å². The van der Waals surface area contributed by atoms with E-state index in [0.717, 1.165) is 12.1 Å². The predicted octanol–water partition coefficient (Wildman–Crippen LogP) is 1.85. The summed E-state index contributed by atoms with van der Waals surface area (Å²) >= 11 is 0. The molecule has 0 aromatic heterocycles. The summed E-state index contributed by atoms with van der Waals surface area (Å²) in [5.41, 5.74) is 6.40. The summed E-state index contributed by atoms with van der Waals surface area (Å²) < 4.78 is 31.8. The highest BCUT2D eigenvalue weighted by atomic mass is 19.2. The van der Waals surface area contributed by atoms with Gasteiger partial charge in [-0.2, -0.15) is 0 Å². The zero-order valence-corrected chi connectivity index (χ0v) is 12.2. The van der Waals surface area contributed by atoms with Gasteiger partial charge in [-0.15, -0.1) is 0 Å². The summed E-state index contributed by atoms with van der Waals surface area (Å²) in [5, 5.41) is 0. The Balaban J connectivity index is 2.10. The molecule has 4 nitrogen and oxygen atoms in total. The summed E-state index contributed by atoms with van der Waals surface area (Å²) in [7, 11) is 0. The van der Waals surface area contributed by atoms with Crippen molar-refractivity contribution < 1.29 is 18.3 Å². The Morgan fingerprint density at radius 1 is 1.38 bits per heavy atom. The second-order valence-corrected chi connectivity index (χ2v) is 5.59. The molecule has 2 N–H and O–H groups in total. The lowest BCUT2D eigenvalue weighted by atomic mass is 10.0. The normalized spacial score (nSPS) is 20.7. The Morgan fingerprint density at radius 2 is 2.10 bits per heavy atom.